The molecule has 9 heteroatoms. The average Bonchev–Trinajstić information content (AvgIpc) is 3.63. The lowest BCUT2D eigenvalue weighted by molar-refractivity contribution is -0.238. The lowest BCUT2D eigenvalue weighted by Gasteiger charge is -2.62. The van der Waals surface area contributed by atoms with Crippen LogP contribution in [0.5, 0.6) is 0 Å². The van der Waals surface area contributed by atoms with Crippen LogP contribution in [0.15, 0.2) is 0 Å². The molecule has 0 aromatic rings. The van der Waals surface area contributed by atoms with Crippen molar-refractivity contribution in [3.8, 4) is 11.8 Å². The first-order valence-electron chi connectivity index (χ1n) is 22.6. The molecule has 4 saturated carbocycles. The molecule has 1 aliphatic heterocycles. The van der Waals surface area contributed by atoms with Gasteiger partial charge in [0.15, 0.2) is 11.6 Å². The van der Waals surface area contributed by atoms with Gasteiger partial charge in [-0.3, -0.25) is 4.57 Å². The van der Waals surface area contributed by atoms with Crippen molar-refractivity contribution in [2.75, 3.05) is 0 Å². The lowest BCUT2D eigenvalue weighted by atomic mass is 9.44. The van der Waals surface area contributed by atoms with Crippen LogP contribution in [0.2, 0.25) is 0 Å². The minimum atomic E-state index is -4.82. The first kappa shape index (κ1) is 44.6. The van der Waals surface area contributed by atoms with E-state index >= 15 is 0 Å². The minimum absolute atomic E-state index is 0.0264. The van der Waals surface area contributed by atoms with Crippen LogP contribution in [0.4, 0.5) is 0 Å². The number of hydrogen-bond donors (Lipinski definition) is 5. The third-order valence-electron chi connectivity index (χ3n) is 16.0. The first-order chi connectivity index (χ1) is 25.7. The van der Waals surface area contributed by atoms with Crippen LogP contribution in [-0.2, 0) is 14.0 Å². The van der Waals surface area contributed by atoms with Gasteiger partial charge in [-0.25, -0.2) is 0 Å². The molecule has 0 aromatic heterocycles. The van der Waals surface area contributed by atoms with E-state index in [0.717, 1.165) is 43.4 Å². The Bertz CT molecular complexity index is 1280. The van der Waals surface area contributed by atoms with Gasteiger partial charge in [0.05, 0.1) is 6.10 Å². The van der Waals surface area contributed by atoms with E-state index in [1.54, 1.807) is 0 Å². The zero-order valence-corrected chi connectivity index (χ0v) is 35.6. The molecule has 312 valence electrons. The molecule has 8 nitrogen and oxygen atoms in total. The van der Waals surface area contributed by atoms with Crippen LogP contribution in [0.25, 0.3) is 0 Å². The van der Waals surface area contributed by atoms with Gasteiger partial charge in [0.1, 0.15) is 18.3 Å². The molecule has 0 aromatic carbocycles. The van der Waals surface area contributed by atoms with Gasteiger partial charge in [-0.05, 0) is 117 Å². The van der Waals surface area contributed by atoms with Crippen LogP contribution in [-0.4, -0.2) is 61.2 Å². The number of hydrogen-bond acceptors (Lipinski definition) is 6. The van der Waals surface area contributed by atoms with Crippen LogP contribution in [0.3, 0.4) is 0 Å². The minimum Gasteiger partial charge on any atom is -0.390 e. The third kappa shape index (κ3) is 9.68. The van der Waals surface area contributed by atoms with Gasteiger partial charge in [0.25, 0.3) is 0 Å². The van der Waals surface area contributed by atoms with Gasteiger partial charge in [-0.1, -0.05) is 105 Å². The molecule has 0 spiro atoms. The second-order valence-electron chi connectivity index (χ2n) is 19.3. The SMILES string of the molecule is CCCCCCCCCCCCC#CCCC(O)[C@@H]1OC(OC2(P(=O)(O)O)CC[C@@]3(C)C(CCC4C3CC[C@@]3(C)C4CC[C@@H]3[C@H](C)CCC)C2)[C@@H](O)[C@@H]1O. The summed E-state index contributed by atoms with van der Waals surface area (Å²) in [6.07, 6.45) is 18.4. The number of fused-ring (bicyclic) bond motifs is 5. The second kappa shape index (κ2) is 19.5. The van der Waals surface area contributed by atoms with E-state index in [-0.39, 0.29) is 30.6 Å². The number of unbranched alkanes of at least 4 members (excludes halogenated alkanes) is 10. The Morgan fingerprint density at radius 2 is 1.41 bits per heavy atom. The molecule has 5 fully saturated rings. The summed E-state index contributed by atoms with van der Waals surface area (Å²) in [5.74, 6) is 9.90. The van der Waals surface area contributed by atoms with Gasteiger partial charge in [0, 0.05) is 12.8 Å². The first-order valence-corrected chi connectivity index (χ1v) is 24.2. The Morgan fingerprint density at radius 3 is 2.07 bits per heavy atom. The molecule has 7 unspecified atom stereocenters. The van der Waals surface area contributed by atoms with E-state index in [4.69, 9.17) is 9.47 Å². The lowest BCUT2D eigenvalue weighted by Crippen LogP contribution is -2.57. The van der Waals surface area contributed by atoms with E-state index in [1.807, 2.05) is 0 Å². The Hall–Kier alpha value is -0.490. The van der Waals surface area contributed by atoms with Gasteiger partial charge < -0.3 is 34.6 Å². The average molecular weight is 779 g/mol. The number of rotatable bonds is 19. The highest BCUT2D eigenvalue weighted by molar-refractivity contribution is 7.53. The van der Waals surface area contributed by atoms with Crippen molar-refractivity contribution in [3.63, 3.8) is 0 Å². The molecule has 54 heavy (non-hydrogen) atoms. The molecular weight excluding hydrogens is 699 g/mol. The molecule has 1 saturated heterocycles. The molecule has 1 heterocycles. The predicted octanol–water partition coefficient (Wildman–Crippen LogP) is 9.87. The predicted molar refractivity (Wildman–Crippen MR) is 215 cm³/mol. The summed E-state index contributed by atoms with van der Waals surface area (Å²) in [6, 6.07) is 0. The van der Waals surface area contributed by atoms with Crippen LogP contribution in [0.1, 0.15) is 189 Å². The summed E-state index contributed by atoms with van der Waals surface area (Å²) in [7, 11) is -4.82. The highest BCUT2D eigenvalue weighted by Crippen LogP contribution is 2.72. The Balaban J connectivity index is 1.11. The summed E-state index contributed by atoms with van der Waals surface area (Å²) in [5.41, 5.74) is 0.366. The van der Waals surface area contributed by atoms with Crippen LogP contribution in [0, 0.1) is 58.2 Å². The van der Waals surface area contributed by atoms with Crippen molar-refractivity contribution in [2.45, 2.75) is 225 Å². The summed E-state index contributed by atoms with van der Waals surface area (Å²) < 4.78 is 25.5. The van der Waals surface area contributed by atoms with Crippen molar-refractivity contribution in [1.82, 2.24) is 0 Å². The quantitative estimate of drug-likeness (QED) is 0.0497. The standard InChI is InChI=1S/C45H79O8P/c1-6-8-9-10-11-12-13-14-15-16-17-18-19-20-22-38(46)41-39(47)40(48)42(52-41)53-45(54(49,50)51)30-29-43(4)33(31-45)23-24-34-36-26-25-35(32(3)21-7-2)44(36,5)28-27-37(34)43/h32-42,46-48H,6-17,20-31H2,1-5H3,(H2,49,50,51)/t32-,33?,34?,35-,36?,37?,38?,39+,40+,41+,42?,43+,44-,45?/m1/s1. The molecule has 5 aliphatic rings. The van der Waals surface area contributed by atoms with E-state index in [1.165, 1.54) is 96.3 Å². The molecule has 5 N–H and O–H groups in total. The number of ether oxygens (including phenoxy) is 2. The van der Waals surface area contributed by atoms with Crippen molar-refractivity contribution in [1.29, 1.82) is 0 Å². The highest BCUT2D eigenvalue weighted by atomic mass is 31.2. The number of aliphatic hydroxyl groups is 3. The molecule has 4 aliphatic carbocycles. The summed E-state index contributed by atoms with van der Waals surface area (Å²) in [4.78, 5) is 21.8. The van der Waals surface area contributed by atoms with E-state index in [2.05, 4.69) is 46.5 Å². The van der Waals surface area contributed by atoms with Gasteiger partial charge in [0.2, 0.25) is 0 Å². The highest BCUT2D eigenvalue weighted by Gasteiger charge is 2.65. The largest absolute Gasteiger partial charge is 0.390 e. The zero-order chi connectivity index (χ0) is 39.1. The molecule has 5 rings (SSSR count). The van der Waals surface area contributed by atoms with E-state index in [0.29, 0.717) is 30.1 Å². The van der Waals surface area contributed by atoms with Crippen molar-refractivity contribution >= 4 is 7.60 Å². The van der Waals surface area contributed by atoms with E-state index in [9.17, 15) is 29.7 Å². The molecule has 0 radical (unpaired) electrons. The molecule has 14 atom stereocenters. The van der Waals surface area contributed by atoms with Crippen molar-refractivity contribution in [3.05, 3.63) is 0 Å². The smallest absolute Gasteiger partial charge is 0.357 e. The zero-order valence-electron chi connectivity index (χ0n) is 34.7. The summed E-state index contributed by atoms with van der Waals surface area (Å²) >= 11 is 0. The van der Waals surface area contributed by atoms with E-state index < -0.39 is 43.6 Å². The Kier molecular flexibility index (Phi) is 16.1. The van der Waals surface area contributed by atoms with Crippen LogP contribution < -0.4 is 0 Å². The Morgan fingerprint density at radius 1 is 0.759 bits per heavy atom. The maximum absolute atomic E-state index is 13.4. The fraction of sp³-hybridized carbons (Fsp3) is 0.956. The third-order valence-corrected chi connectivity index (χ3v) is 17.6. The summed E-state index contributed by atoms with van der Waals surface area (Å²) in [6.45, 7) is 12.0. The Labute approximate surface area is 328 Å². The fourth-order valence-electron chi connectivity index (χ4n) is 12.8. The summed E-state index contributed by atoms with van der Waals surface area (Å²) in [5, 5.41) is 31.1. The molecular formula is C45H79O8P. The number of aliphatic hydroxyl groups excluding tert-OH is 3. The monoisotopic (exact) mass is 779 g/mol. The second-order valence-corrected chi connectivity index (χ2v) is 21.2. The molecule has 0 bridgehead atoms. The molecule has 0 amide bonds. The van der Waals surface area contributed by atoms with Gasteiger partial charge >= 0.3 is 7.60 Å². The van der Waals surface area contributed by atoms with Gasteiger partial charge in [-0.2, -0.15) is 0 Å². The van der Waals surface area contributed by atoms with Crippen molar-refractivity contribution < 1.29 is 39.1 Å². The normalized spacial score (nSPS) is 40.3. The maximum Gasteiger partial charge on any atom is 0.357 e. The fourth-order valence-corrected chi connectivity index (χ4v) is 14.0. The van der Waals surface area contributed by atoms with Crippen molar-refractivity contribution in [2.24, 2.45) is 46.3 Å². The van der Waals surface area contributed by atoms with Crippen LogP contribution >= 0.6 is 7.60 Å². The van der Waals surface area contributed by atoms with Gasteiger partial charge in [-0.15, -0.1) is 11.8 Å². The maximum atomic E-state index is 13.4. The topological polar surface area (TPSA) is 137 Å².